The van der Waals surface area contributed by atoms with Crippen molar-refractivity contribution in [3.63, 3.8) is 0 Å². The average molecular weight is 318 g/mol. The Morgan fingerprint density at radius 1 is 1.29 bits per heavy atom. The van der Waals surface area contributed by atoms with Crippen molar-refractivity contribution < 1.29 is 0 Å². The van der Waals surface area contributed by atoms with Crippen LogP contribution in [0, 0.1) is 0 Å². The van der Waals surface area contributed by atoms with Gasteiger partial charge in [0.15, 0.2) is 5.82 Å². The molecule has 0 atom stereocenters. The molecule has 2 aromatic rings. The monoisotopic (exact) mass is 316 g/mol. The second-order valence-electron chi connectivity index (χ2n) is 2.63. The normalized spacial score (nSPS) is 10.4. The van der Waals surface area contributed by atoms with Crippen LogP contribution < -0.4 is 5.73 Å². The number of anilines is 1. The second-order valence-corrected chi connectivity index (χ2v) is 4.34. The fraction of sp³-hybridized carbons (Fsp3) is 0. The van der Waals surface area contributed by atoms with E-state index in [1.807, 2.05) is 6.07 Å². The Balaban J connectivity index is 2.55. The van der Waals surface area contributed by atoms with E-state index in [4.69, 9.17) is 5.73 Å². The van der Waals surface area contributed by atoms with Crippen LogP contribution in [0.3, 0.4) is 0 Å². The number of nitrogens with two attached hydrogens (primary N) is 1. The zero-order valence-electron chi connectivity index (χ0n) is 6.98. The van der Waals surface area contributed by atoms with E-state index >= 15 is 0 Å². The summed E-state index contributed by atoms with van der Waals surface area (Å²) in [6.07, 6.45) is 5.21. The molecule has 0 aromatic carbocycles. The Hall–Kier alpha value is -0.880. The van der Waals surface area contributed by atoms with Gasteiger partial charge in [-0.1, -0.05) is 0 Å². The highest BCUT2D eigenvalue weighted by atomic mass is 79.9. The van der Waals surface area contributed by atoms with Crippen LogP contribution in [0.5, 0.6) is 0 Å². The molecule has 0 bridgehead atoms. The van der Waals surface area contributed by atoms with E-state index in [1.165, 1.54) is 0 Å². The predicted octanol–water partition coefficient (Wildman–Crippen LogP) is 2.37. The summed E-state index contributed by atoms with van der Waals surface area (Å²) in [5.74, 6) is 0.466. The van der Waals surface area contributed by atoms with Gasteiger partial charge in [-0.15, -0.1) is 5.10 Å². The summed E-state index contributed by atoms with van der Waals surface area (Å²) in [5, 5.41) is 4.13. The second kappa shape index (κ2) is 3.70. The van der Waals surface area contributed by atoms with Crippen LogP contribution >= 0.6 is 31.9 Å². The number of nitrogens with zero attached hydrogens (tertiary/aromatic N) is 3. The maximum atomic E-state index is 5.62. The van der Waals surface area contributed by atoms with E-state index in [2.05, 4.69) is 41.9 Å². The van der Waals surface area contributed by atoms with Crippen molar-refractivity contribution in [1.29, 1.82) is 0 Å². The number of hydrogen-bond acceptors (Lipinski definition) is 3. The lowest BCUT2D eigenvalue weighted by Crippen LogP contribution is -1.97. The first-order valence-corrected chi connectivity index (χ1v) is 5.37. The molecule has 2 N–H and O–H groups in total. The van der Waals surface area contributed by atoms with Gasteiger partial charge in [0.2, 0.25) is 0 Å². The van der Waals surface area contributed by atoms with E-state index < -0.39 is 0 Å². The number of halogens is 2. The topological polar surface area (TPSA) is 56.7 Å². The standard InChI is InChI=1S/C8H6Br2N4/c9-5-3-12-2-1-7(5)14-4-6(10)8(11)13-14/h1-4H,(H2,11,13). The molecule has 0 aliphatic rings. The number of hydrogen-bond donors (Lipinski definition) is 1. The molecule has 0 aliphatic heterocycles. The van der Waals surface area contributed by atoms with Gasteiger partial charge >= 0.3 is 0 Å². The van der Waals surface area contributed by atoms with Crippen molar-refractivity contribution in [3.05, 3.63) is 33.6 Å². The van der Waals surface area contributed by atoms with Crippen molar-refractivity contribution in [3.8, 4) is 5.69 Å². The molecule has 0 spiro atoms. The van der Waals surface area contributed by atoms with Gasteiger partial charge in [0.1, 0.15) is 0 Å². The lowest BCUT2D eigenvalue weighted by Gasteiger charge is -2.01. The molecule has 4 nitrogen and oxygen atoms in total. The zero-order chi connectivity index (χ0) is 10.1. The third kappa shape index (κ3) is 1.67. The van der Waals surface area contributed by atoms with Gasteiger partial charge in [-0.2, -0.15) is 0 Å². The first-order chi connectivity index (χ1) is 6.68. The molecule has 2 rings (SSSR count). The molecule has 6 heteroatoms. The SMILES string of the molecule is Nc1nn(-c2ccncc2Br)cc1Br. The molecule has 0 amide bonds. The molecule has 0 aliphatic carbocycles. The predicted molar refractivity (Wildman–Crippen MR) is 61.2 cm³/mol. The average Bonchev–Trinajstić information content (AvgIpc) is 2.48. The molecule has 0 saturated carbocycles. The molecule has 0 fully saturated rings. The van der Waals surface area contributed by atoms with Gasteiger partial charge in [0.05, 0.1) is 14.6 Å². The summed E-state index contributed by atoms with van der Waals surface area (Å²) in [7, 11) is 0. The van der Waals surface area contributed by atoms with Crippen LogP contribution in [-0.2, 0) is 0 Å². The largest absolute Gasteiger partial charge is 0.381 e. The van der Waals surface area contributed by atoms with Crippen LogP contribution in [-0.4, -0.2) is 14.8 Å². The molecule has 2 aromatic heterocycles. The van der Waals surface area contributed by atoms with Gasteiger partial charge in [-0.25, -0.2) is 4.68 Å². The van der Waals surface area contributed by atoms with Gasteiger partial charge in [0, 0.05) is 18.6 Å². The van der Waals surface area contributed by atoms with Crippen molar-refractivity contribution in [1.82, 2.24) is 14.8 Å². The molecule has 14 heavy (non-hydrogen) atoms. The quantitative estimate of drug-likeness (QED) is 0.878. The Morgan fingerprint density at radius 2 is 2.07 bits per heavy atom. The van der Waals surface area contributed by atoms with E-state index in [9.17, 15) is 0 Å². The molecule has 0 radical (unpaired) electrons. The summed E-state index contributed by atoms with van der Waals surface area (Å²) in [5.41, 5.74) is 6.52. The van der Waals surface area contributed by atoms with Crippen LogP contribution in [0.15, 0.2) is 33.6 Å². The third-order valence-electron chi connectivity index (χ3n) is 1.69. The molecule has 0 saturated heterocycles. The van der Waals surface area contributed by atoms with Crippen molar-refractivity contribution >= 4 is 37.7 Å². The Bertz CT molecular complexity index is 447. The van der Waals surface area contributed by atoms with E-state index in [0.717, 1.165) is 14.6 Å². The summed E-state index contributed by atoms with van der Waals surface area (Å²) < 4.78 is 3.33. The van der Waals surface area contributed by atoms with Crippen LogP contribution in [0.25, 0.3) is 5.69 Å². The Morgan fingerprint density at radius 3 is 2.64 bits per heavy atom. The fourth-order valence-corrected chi connectivity index (χ4v) is 1.75. The third-order valence-corrected chi connectivity index (χ3v) is 2.92. The van der Waals surface area contributed by atoms with Gasteiger partial charge in [-0.3, -0.25) is 4.98 Å². The summed E-state index contributed by atoms with van der Waals surface area (Å²) in [6.45, 7) is 0. The van der Waals surface area contributed by atoms with Gasteiger partial charge < -0.3 is 5.73 Å². The maximum Gasteiger partial charge on any atom is 0.160 e. The molecule has 0 unspecified atom stereocenters. The van der Waals surface area contributed by atoms with Gasteiger partial charge in [0.25, 0.3) is 0 Å². The number of nitrogen functional groups attached to an aromatic ring is 1. The maximum absolute atomic E-state index is 5.62. The lowest BCUT2D eigenvalue weighted by molar-refractivity contribution is 0.877. The van der Waals surface area contributed by atoms with Crippen molar-refractivity contribution in [2.75, 3.05) is 5.73 Å². The highest BCUT2D eigenvalue weighted by molar-refractivity contribution is 9.11. The molecule has 72 valence electrons. The summed E-state index contributed by atoms with van der Waals surface area (Å²) in [6, 6.07) is 1.85. The van der Waals surface area contributed by atoms with Crippen LogP contribution in [0.1, 0.15) is 0 Å². The van der Waals surface area contributed by atoms with Crippen molar-refractivity contribution in [2.24, 2.45) is 0 Å². The summed E-state index contributed by atoms with van der Waals surface area (Å²) >= 11 is 6.69. The first kappa shape index (κ1) is 9.67. The first-order valence-electron chi connectivity index (χ1n) is 3.79. The molecular formula is C8H6Br2N4. The summed E-state index contributed by atoms with van der Waals surface area (Å²) in [4.78, 5) is 3.97. The van der Waals surface area contributed by atoms with Crippen molar-refractivity contribution in [2.45, 2.75) is 0 Å². The number of aromatic nitrogens is 3. The molecular weight excluding hydrogens is 312 g/mol. The Kier molecular flexibility index (Phi) is 2.56. The van der Waals surface area contributed by atoms with E-state index in [-0.39, 0.29) is 0 Å². The van der Waals surface area contributed by atoms with E-state index in [0.29, 0.717) is 5.82 Å². The number of pyridine rings is 1. The minimum absolute atomic E-state index is 0.466. The Labute approximate surface area is 97.4 Å². The van der Waals surface area contributed by atoms with Crippen LogP contribution in [0.2, 0.25) is 0 Å². The zero-order valence-corrected chi connectivity index (χ0v) is 10.2. The number of rotatable bonds is 1. The lowest BCUT2D eigenvalue weighted by atomic mass is 10.4. The fourth-order valence-electron chi connectivity index (χ4n) is 1.04. The minimum Gasteiger partial charge on any atom is -0.381 e. The van der Waals surface area contributed by atoms with E-state index in [1.54, 1.807) is 23.3 Å². The van der Waals surface area contributed by atoms with Gasteiger partial charge in [-0.05, 0) is 37.9 Å². The smallest absolute Gasteiger partial charge is 0.160 e. The molecule has 2 heterocycles. The highest BCUT2D eigenvalue weighted by Gasteiger charge is 2.06. The van der Waals surface area contributed by atoms with Crippen LogP contribution in [0.4, 0.5) is 5.82 Å². The highest BCUT2D eigenvalue weighted by Crippen LogP contribution is 2.23. The minimum atomic E-state index is 0.466.